The molecule has 0 radical (unpaired) electrons. The molecule has 0 saturated carbocycles. The first-order valence-corrected chi connectivity index (χ1v) is 6.69. The second-order valence-electron chi connectivity index (χ2n) is 7.95. The normalized spacial score (nSPS) is 13.9. The maximum Gasteiger partial charge on any atom is 0.227 e. The van der Waals surface area contributed by atoms with Crippen LogP contribution in [-0.4, -0.2) is 47.4 Å². The van der Waals surface area contributed by atoms with Crippen LogP contribution in [0.15, 0.2) is 0 Å². The minimum absolute atomic E-state index is 0.0477. The molecule has 0 rings (SSSR count). The van der Waals surface area contributed by atoms with Crippen LogP contribution in [0.2, 0.25) is 0 Å². The van der Waals surface area contributed by atoms with Crippen molar-refractivity contribution in [1.82, 2.24) is 9.80 Å². The molecule has 1 amide bonds. The standard InChI is InChI=1S/C15H32N2O/c1-13(2,3)12(18)16(9)11-15(7,8)17(10)14(4,5)6/h11H2,1-10H3. The van der Waals surface area contributed by atoms with Crippen molar-refractivity contribution < 1.29 is 4.79 Å². The average molecular weight is 256 g/mol. The molecule has 3 heteroatoms. The number of nitrogens with zero attached hydrogens (tertiary/aromatic N) is 2. The van der Waals surface area contributed by atoms with Gasteiger partial charge in [-0.3, -0.25) is 9.69 Å². The van der Waals surface area contributed by atoms with Gasteiger partial charge in [0.1, 0.15) is 0 Å². The molecule has 108 valence electrons. The Kier molecular flexibility index (Phi) is 5.03. The predicted octanol–water partition coefficient (Wildman–Crippen LogP) is 3.00. The molecule has 0 N–H and O–H groups in total. The van der Waals surface area contributed by atoms with Crippen LogP contribution in [0.1, 0.15) is 55.4 Å². The van der Waals surface area contributed by atoms with Gasteiger partial charge in [-0.05, 0) is 41.7 Å². The molecule has 0 aromatic rings. The summed E-state index contributed by atoms with van der Waals surface area (Å²) in [6, 6.07) is 0. The summed E-state index contributed by atoms with van der Waals surface area (Å²) >= 11 is 0. The molecule has 0 spiro atoms. The van der Waals surface area contributed by atoms with Gasteiger partial charge in [0.05, 0.1) is 0 Å². The average Bonchev–Trinajstić information content (AvgIpc) is 2.11. The second-order valence-corrected chi connectivity index (χ2v) is 7.95. The van der Waals surface area contributed by atoms with Gasteiger partial charge in [-0.2, -0.15) is 0 Å². The first-order valence-electron chi connectivity index (χ1n) is 6.69. The van der Waals surface area contributed by atoms with Crippen molar-refractivity contribution in [3.63, 3.8) is 0 Å². The number of likely N-dealkylation sites (N-methyl/N-ethyl adjacent to an activating group) is 2. The van der Waals surface area contributed by atoms with Gasteiger partial charge in [-0.15, -0.1) is 0 Å². The minimum atomic E-state index is -0.314. The summed E-state index contributed by atoms with van der Waals surface area (Å²) < 4.78 is 0. The number of carbonyl (C=O) groups excluding carboxylic acids is 1. The topological polar surface area (TPSA) is 23.6 Å². The van der Waals surface area contributed by atoms with Crippen LogP contribution in [0, 0.1) is 5.41 Å². The smallest absolute Gasteiger partial charge is 0.227 e. The molecule has 0 aliphatic carbocycles. The summed E-state index contributed by atoms with van der Waals surface area (Å²) in [5.74, 6) is 0.192. The lowest BCUT2D eigenvalue weighted by atomic mass is 9.92. The SMILES string of the molecule is CN(CC(C)(C)N(C)C(C)(C)C)C(=O)C(C)(C)C. The molecule has 0 aromatic heterocycles. The third-order valence-electron chi connectivity index (χ3n) is 3.53. The van der Waals surface area contributed by atoms with Crippen molar-refractivity contribution in [2.24, 2.45) is 5.41 Å². The van der Waals surface area contributed by atoms with E-state index in [0.29, 0.717) is 0 Å². The highest BCUT2D eigenvalue weighted by atomic mass is 16.2. The first kappa shape index (κ1) is 17.4. The van der Waals surface area contributed by atoms with Crippen LogP contribution in [0.4, 0.5) is 0 Å². The highest BCUT2D eigenvalue weighted by molar-refractivity contribution is 5.81. The summed E-state index contributed by atoms with van der Waals surface area (Å²) in [6.45, 7) is 17.6. The number of hydrogen-bond acceptors (Lipinski definition) is 2. The van der Waals surface area contributed by atoms with Crippen molar-refractivity contribution >= 4 is 5.91 Å². The Balaban J connectivity index is 4.84. The molecular weight excluding hydrogens is 224 g/mol. The zero-order chi connectivity index (χ0) is 14.9. The van der Waals surface area contributed by atoms with Crippen LogP contribution in [0.5, 0.6) is 0 Å². The summed E-state index contributed by atoms with van der Waals surface area (Å²) in [4.78, 5) is 16.4. The van der Waals surface area contributed by atoms with E-state index in [-0.39, 0.29) is 22.4 Å². The third-order valence-corrected chi connectivity index (χ3v) is 3.53. The predicted molar refractivity (Wildman–Crippen MR) is 78.7 cm³/mol. The van der Waals surface area contributed by atoms with Crippen molar-refractivity contribution in [3.05, 3.63) is 0 Å². The van der Waals surface area contributed by atoms with Gasteiger partial charge < -0.3 is 4.90 Å². The van der Waals surface area contributed by atoms with E-state index in [4.69, 9.17) is 0 Å². The van der Waals surface area contributed by atoms with Gasteiger partial charge in [-0.25, -0.2) is 0 Å². The van der Waals surface area contributed by atoms with E-state index in [9.17, 15) is 4.79 Å². The molecule has 18 heavy (non-hydrogen) atoms. The fourth-order valence-corrected chi connectivity index (χ4v) is 2.24. The van der Waals surface area contributed by atoms with Crippen LogP contribution in [0.25, 0.3) is 0 Å². The van der Waals surface area contributed by atoms with E-state index in [1.807, 2.05) is 32.7 Å². The molecule has 0 saturated heterocycles. The Labute approximate surface area is 114 Å². The van der Waals surface area contributed by atoms with E-state index in [2.05, 4.69) is 46.6 Å². The Morgan fingerprint density at radius 1 is 0.889 bits per heavy atom. The van der Waals surface area contributed by atoms with Crippen molar-refractivity contribution in [2.45, 2.75) is 66.5 Å². The van der Waals surface area contributed by atoms with E-state index >= 15 is 0 Å². The van der Waals surface area contributed by atoms with Gasteiger partial charge in [0.15, 0.2) is 0 Å². The largest absolute Gasteiger partial charge is 0.343 e. The number of hydrogen-bond donors (Lipinski definition) is 0. The lowest BCUT2D eigenvalue weighted by molar-refractivity contribution is -0.140. The third kappa shape index (κ3) is 4.60. The van der Waals surface area contributed by atoms with Crippen LogP contribution >= 0.6 is 0 Å². The molecule has 0 fully saturated rings. The van der Waals surface area contributed by atoms with E-state index < -0.39 is 0 Å². The van der Waals surface area contributed by atoms with Gasteiger partial charge in [0, 0.05) is 30.1 Å². The van der Waals surface area contributed by atoms with Crippen molar-refractivity contribution in [2.75, 3.05) is 20.6 Å². The summed E-state index contributed by atoms with van der Waals surface area (Å²) in [7, 11) is 4.02. The lowest BCUT2D eigenvalue weighted by Crippen LogP contribution is -2.57. The quantitative estimate of drug-likeness (QED) is 0.775. The zero-order valence-corrected chi connectivity index (χ0v) is 14.0. The summed E-state index contributed by atoms with van der Waals surface area (Å²) in [5, 5.41) is 0. The summed E-state index contributed by atoms with van der Waals surface area (Å²) in [5.41, 5.74) is -0.270. The van der Waals surface area contributed by atoms with Gasteiger partial charge in [0.2, 0.25) is 5.91 Å². The highest BCUT2D eigenvalue weighted by Crippen LogP contribution is 2.25. The number of rotatable bonds is 3. The van der Waals surface area contributed by atoms with Crippen LogP contribution < -0.4 is 0 Å². The number of carbonyl (C=O) groups is 1. The van der Waals surface area contributed by atoms with E-state index in [1.54, 1.807) is 0 Å². The molecule has 0 aromatic carbocycles. The molecule has 3 nitrogen and oxygen atoms in total. The summed E-state index contributed by atoms with van der Waals surface area (Å²) in [6.07, 6.45) is 0. The van der Waals surface area contributed by atoms with E-state index in [0.717, 1.165) is 6.54 Å². The maximum absolute atomic E-state index is 12.2. The fourth-order valence-electron chi connectivity index (χ4n) is 2.24. The molecule has 0 bridgehead atoms. The molecule has 0 unspecified atom stereocenters. The Hall–Kier alpha value is -0.570. The molecule has 0 atom stereocenters. The maximum atomic E-state index is 12.2. The Morgan fingerprint density at radius 2 is 1.28 bits per heavy atom. The van der Waals surface area contributed by atoms with E-state index in [1.165, 1.54) is 0 Å². The minimum Gasteiger partial charge on any atom is -0.343 e. The fraction of sp³-hybridized carbons (Fsp3) is 0.933. The lowest BCUT2D eigenvalue weighted by Gasteiger charge is -2.46. The molecule has 0 heterocycles. The van der Waals surface area contributed by atoms with Crippen LogP contribution in [0.3, 0.4) is 0 Å². The highest BCUT2D eigenvalue weighted by Gasteiger charge is 2.35. The van der Waals surface area contributed by atoms with Gasteiger partial charge in [-0.1, -0.05) is 20.8 Å². The molecular formula is C15H32N2O. The Bertz CT molecular complexity index is 295. The first-order chi connectivity index (χ1) is 7.69. The Morgan fingerprint density at radius 3 is 1.56 bits per heavy atom. The molecule has 0 aliphatic heterocycles. The van der Waals surface area contributed by atoms with Gasteiger partial charge in [0.25, 0.3) is 0 Å². The van der Waals surface area contributed by atoms with Crippen molar-refractivity contribution in [1.29, 1.82) is 0 Å². The monoisotopic (exact) mass is 256 g/mol. The zero-order valence-electron chi connectivity index (χ0n) is 14.0. The number of amides is 1. The van der Waals surface area contributed by atoms with Crippen LogP contribution in [-0.2, 0) is 4.79 Å². The second kappa shape index (κ2) is 5.20. The molecule has 0 aliphatic rings. The van der Waals surface area contributed by atoms with Crippen molar-refractivity contribution in [3.8, 4) is 0 Å². The van der Waals surface area contributed by atoms with Gasteiger partial charge >= 0.3 is 0 Å².